The first-order valence-electron chi connectivity index (χ1n) is 9.37. The molecule has 0 spiro atoms. The lowest BCUT2D eigenvalue weighted by Gasteiger charge is -2.43. The molecule has 0 aromatic carbocycles. The van der Waals surface area contributed by atoms with E-state index < -0.39 is 12.0 Å². The quantitative estimate of drug-likeness (QED) is 0.666. The molecule has 4 atom stereocenters. The Morgan fingerprint density at radius 1 is 1.25 bits per heavy atom. The number of fused-ring (bicyclic) bond motifs is 2. The molecule has 5 nitrogen and oxygen atoms in total. The number of nitrogens with two attached hydrogens (primary N) is 1. The molecule has 1 amide bonds. The number of carboxylic acids is 1. The van der Waals surface area contributed by atoms with Crippen LogP contribution in [0.5, 0.6) is 0 Å². The highest BCUT2D eigenvalue weighted by Crippen LogP contribution is 2.67. The average Bonchev–Trinajstić information content (AvgIpc) is 3.03. The predicted octanol–water partition coefficient (Wildman–Crippen LogP) is 2.68. The Morgan fingerprint density at radius 3 is 2.42 bits per heavy atom. The van der Waals surface area contributed by atoms with Gasteiger partial charge in [0.05, 0.1) is 12.5 Å². The van der Waals surface area contributed by atoms with E-state index in [1.54, 1.807) is 0 Å². The molecule has 24 heavy (non-hydrogen) atoms. The summed E-state index contributed by atoms with van der Waals surface area (Å²) in [5.41, 5.74) is 6.43. The van der Waals surface area contributed by atoms with Crippen molar-refractivity contribution in [3.05, 3.63) is 0 Å². The molecule has 3 unspecified atom stereocenters. The molecule has 0 radical (unpaired) electrons. The van der Waals surface area contributed by atoms with Crippen LogP contribution in [0.1, 0.15) is 72.1 Å². The monoisotopic (exact) mass is 336 g/mol. The van der Waals surface area contributed by atoms with Crippen molar-refractivity contribution in [1.29, 1.82) is 0 Å². The van der Waals surface area contributed by atoms with Gasteiger partial charge >= 0.3 is 5.97 Å². The molecule has 0 saturated heterocycles. The number of rotatable bonds is 7. The van der Waals surface area contributed by atoms with Crippen molar-refractivity contribution >= 4 is 11.9 Å². The van der Waals surface area contributed by atoms with E-state index in [0.29, 0.717) is 16.7 Å². The molecular formula is C19H32N2O3. The number of nitrogens with one attached hydrogen (secondary N) is 1. The number of hydrogen-bond donors (Lipinski definition) is 3. The third-order valence-corrected chi connectivity index (χ3v) is 7.45. The Bertz CT molecular complexity index is 536. The highest BCUT2D eigenvalue weighted by atomic mass is 16.4. The first-order valence-corrected chi connectivity index (χ1v) is 9.37. The molecule has 3 fully saturated rings. The zero-order valence-corrected chi connectivity index (χ0v) is 15.2. The Labute approximate surface area is 144 Å². The molecule has 3 saturated carbocycles. The summed E-state index contributed by atoms with van der Waals surface area (Å²) in [6.45, 7) is 7.30. The van der Waals surface area contributed by atoms with Gasteiger partial charge in [0.1, 0.15) is 0 Å². The van der Waals surface area contributed by atoms with Gasteiger partial charge in [0.2, 0.25) is 5.91 Å². The smallest absolute Gasteiger partial charge is 0.305 e. The summed E-state index contributed by atoms with van der Waals surface area (Å²) < 4.78 is 0. The Morgan fingerprint density at radius 2 is 1.92 bits per heavy atom. The lowest BCUT2D eigenvalue weighted by Crippen LogP contribution is -2.48. The van der Waals surface area contributed by atoms with Crippen LogP contribution in [0.2, 0.25) is 0 Å². The third-order valence-electron chi connectivity index (χ3n) is 7.45. The number of aliphatic carboxylic acids is 1. The van der Waals surface area contributed by atoms with Crippen LogP contribution in [0.4, 0.5) is 0 Å². The Balaban J connectivity index is 1.57. The predicted molar refractivity (Wildman–Crippen MR) is 92.3 cm³/mol. The molecule has 2 bridgehead atoms. The third kappa shape index (κ3) is 3.07. The van der Waals surface area contributed by atoms with Crippen LogP contribution in [0.3, 0.4) is 0 Å². The fraction of sp³-hybridized carbons (Fsp3) is 0.895. The molecule has 4 N–H and O–H groups in total. The van der Waals surface area contributed by atoms with Crippen LogP contribution in [0.25, 0.3) is 0 Å². The molecule has 0 aliphatic heterocycles. The average molecular weight is 336 g/mol. The minimum Gasteiger partial charge on any atom is -0.481 e. The van der Waals surface area contributed by atoms with Gasteiger partial charge in [-0.2, -0.15) is 0 Å². The van der Waals surface area contributed by atoms with E-state index in [1.165, 1.54) is 19.3 Å². The maximum absolute atomic E-state index is 12.1. The van der Waals surface area contributed by atoms with Crippen LogP contribution in [-0.2, 0) is 9.59 Å². The van der Waals surface area contributed by atoms with Crippen molar-refractivity contribution in [2.45, 2.75) is 83.7 Å². The van der Waals surface area contributed by atoms with Crippen LogP contribution in [-0.4, -0.2) is 28.6 Å². The summed E-state index contributed by atoms with van der Waals surface area (Å²) >= 11 is 0. The van der Waals surface area contributed by atoms with Gasteiger partial charge in [-0.05, 0) is 67.6 Å². The zero-order valence-electron chi connectivity index (χ0n) is 15.2. The maximum atomic E-state index is 12.1. The number of carbonyl (C=O) groups is 2. The zero-order chi connectivity index (χ0) is 17.8. The normalized spacial score (nSPS) is 36.3. The summed E-state index contributed by atoms with van der Waals surface area (Å²) in [5.74, 6) is 0.222. The van der Waals surface area contributed by atoms with Crippen molar-refractivity contribution < 1.29 is 14.7 Å². The van der Waals surface area contributed by atoms with E-state index in [4.69, 9.17) is 10.8 Å². The lowest BCUT2D eigenvalue weighted by molar-refractivity contribution is -0.139. The van der Waals surface area contributed by atoms with Crippen molar-refractivity contribution in [1.82, 2.24) is 5.32 Å². The van der Waals surface area contributed by atoms with Crippen LogP contribution >= 0.6 is 0 Å². The second kappa shape index (κ2) is 5.72. The Hall–Kier alpha value is -1.10. The van der Waals surface area contributed by atoms with Crippen LogP contribution < -0.4 is 11.1 Å². The second-order valence-corrected chi connectivity index (χ2v) is 9.48. The van der Waals surface area contributed by atoms with Gasteiger partial charge in [-0.3, -0.25) is 9.59 Å². The number of carbonyl (C=O) groups excluding carboxylic acids is 1. The van der Waals surface area contributed by atoms with E-state index in [9.17, 15) is 9.59 Å². The van der Waals surface area contributed by atoms with Crippen LogP contribution in [0.15, 0.2) is 0 Å². The number of amides is 1. The van der Waals surface area contributed by atoms with Crippen molar-refractivity contribution in [2.75, 3.05) is 0 Å². The summed E-state index contributed by atoms with van der Waals surface area (Å²) in [6, 6.07) is -0.948. The van der Waals surface area contributed by atoms with Gasteiger partial charge in [0.15, 0.2) is 0 Å². The van der Waals surface area contributed by atoms with E-state index in [1.807, 2.05) is 0 Å². The van der Waals surface area contributed by atoms with Crippen LogP contribution in [0, 0.1) is 22.7 Å². The minimum atomic E-state index is -1.03. The topological polar surface area (TPSA) is 92.4 Å². The minimum absolute atomic E-state index is 0.124. The first kappa shape index (κ1) is 17.7. The SMILES string of the molecule is CC12CCC(C1)C(C)(C)C2CCC1(NC(=O)[C@@H](N)CC(=O)O)CC1. The molecule has 3 aliphatic carbocycles. The Kier molecular flexibility index (Phi) is 4.22. The molecular weight excluding hydrogens is 304 g/mol. The molecule has 3 rings (SSSR count). The van der Waals surface area contributed by atoms with E-state index in [0.717, 1.165) is 31.6 Å². The van der Waals surface area contributed by atoms with E-state index in [-0.39, 0.29) is 17.9 Å². The van der Waals surface area contributed by atoms with Gasteiger partial charge in [-0.15, -0.1) is 0 Å². The second-order valence-electron chi connectivity index (χ2n) is 9.48. The van der Waals surface area contributed by atoms with Gasteiger partial charge in [-0.25, -0.2) is 0 Å². The summed E-state index contributed by atoms with van der Waals surface area (Å²) in [7, 11) is 0. The fourth-order valence-corrected chi connectivity index (χ4v) is 5.77. The molecule has 0 heterocycles. The fourth-order valence-electron chi connectivity index (χ4n) is 5.77. The highest BCUT2D eigenvalue weighted by Gasteiger charge is 2.59. The first-order chi connectivity index (χ1) is 11.1. The molecule has 136 valence electrons. The summed E-state index contributed by atoms with van der Waals surface area (Å²) in [6.07, 6.45) is 7.88. The van der Waals surface area contributed by atoms with Crippen molar-refractivity contribution in [3.8, 4) is 0 Å². The summed E-state index contributed by atoms with van der Waals surface area (Å²) in [5, 5.41) is 11.8. The lowest BCUT2D eigenvalue weighted by atomic mass is 9.62. The van der Waals surface area contributed by atoms with Crippen molar-refractivity contribution in [2.24, 2.45) is 28.4 Å². The molecule has 3 aliphatic rings. The van der Waals surface area contributed by atoms with Gasteiger partial charge < -0.3 is 16.2 Å². The molecule has 0 aromatic heterocycles. The maximum Gasteiger partial charge on any atom is 0.305 e. The number of carboxylic acid groups (broad SMARTS) is 1. The largest absolute Gasteiger partial charge is 0.481 e. The molecule has 0 aromatic rings. The summed E-state index contributed by atoms with van der Waals surface area (Å²) in [4.78, 5) is 22.9. The van der Waals surface area contributed by atoms with Gasteiger partial charge in [-0.1, -0.05) is 20.8 Å². The van der Waals surface area contributed by atoms with Gasteiger partial charge in [0.25, 0.3) is 0 Å². The number of hydrogen-bond acceptors (Lipinski definition) is 3. The van der Waals surface area contributed by atoms with Crippen molar-refractivity contribution in [3.63, 3.8) is 0 Å². The standard InChI is InChI=1S/C19H32N2O3/c1-17(2)12-4-6-18(3,11-12)14(17)5-7-19(8-9-19)21-16(24)13(20)10-15(22)23/h12-14H,4-11,20H2,1-3H3,(H,21,24)(H,22,23)/t12?,13-,14?,18?/m0/s1. The van der Waals surface area contributed by atoms with Gasteiger partial charge in [0, 0.05) is 5.54 Å². The van der Waals surface area contributed by atoms with E-state index >= 15 is 0 Å². The van der Waals surface area contributed by atoms with E-state index in [2.05, 4.69) is 26.1 Å². The highest BCUT2D eigenvalue weighted by molar-refractivity contribution is 5.86. The molecule has 5 heteroatoms.